The van der Waals surface area contributed by atoms with Crippen molar-refractivity contribution in [3.8, 4) is 6.07 Å². The zero-order valence-electron chi connectivity index (χ0n) is 18.6. The van der Waals surface area contributed by atoms with Crippen molar-refractivity contribution in [3.05, 3.63) is 65.2 Å². The second kappa shape index (κ2) is 10.3. The van der Waals surface area contributed by atoms with Gasteiger partial charge in [-0.1, -0.05) is 12.1 Å². The number of hydrogen-bond donors (Lipinski definition) is 1. The standard InChI is InChI=1S/C25H29FN4O3/c26-21-7-5-20(6-8-21)25(10-2-14-31)11-13-30(24(32)33-25)23-3-1-12-29(18-23)17-22-9-4-19(15-27)16-28-22/h4-9,16,23,31H,1-3,10-14,17-18H2/t23-,25+/m0/s1. The van der Waals surface area contributed by atoms with Crippen LogP contribution in [0.15, 0.2) is 42.6 Å². The van der Waals surface area contributed by atoms with Gasteiger partial charge in [0, 0.05) is 44.9 Å². The maximum Gasteiger partial charge on any atom is 0.410 e. The molecule has 1 amide bonds. The van der Waals surface area contributed by atoms with Gasteiger partial charge in [-0.25, -0.2) is 9.18 Å². The van der Waals surface area contributed by atoms with Crippen LogP contribution in [0.5, 0.6) is 0 Å². The number of halogens is 1. The highest BCUT2D eigenvalue weighted by Gasteiger charge is 2.44. The molecule has 1 aromatic heterocycles. The van der Waals surface area contributed by atoms with E-state index >= 15 is 0 Å². The van der Waals surface area contributed by atoms with Crippen LogP contribution >= 0.6 is 0 Å². The molecule has 2 aromatic rings. The number of cyclic esters (lactones) is 1. The van der Waals surface area contributed by atoms with Crippen molar-refractivity contribution in [1.82, 2.24) is 14.8 Å². The minimum Gasteiger partial charge on any atom is -0.438 e. The van der Waals surface area contributed by atoms with E-state index in [4.69, 9.17) is 10.00 Å². The van der Waals surface area contributed by atoms with Crippen molar-refractivity contribution in [2.24, 2.45) is 0 Å². The lowest BCUT2D eigenvalue weighted by molar-refractivity contribution is -0.0745. The second-order valence-electron chi connectivity index (χ2n) is 8.82. The first kappa shape index (κ1) is 23.1. The zero-order valence-corrected chi connectivity index (χ0v) is 18.6. The summed E-state index contributed by atoms with van der Waals surface area (Å²) in [6.07, 6.45) is 4.70. The van der Waals surface area contributed by atoms with E-state index in [0.717, 1.165) is 37.2 Å². The highest BCUT2D eigenvalue weighted by molar-refractivity contribution is 5.70. The van der Waals surface area contributed by atoms with Gasteiger partial charge in [-0.15, -0.1) is 0 Å². The number of benzene rings is 1. The number of rotatable bonds is 7. The van der Waals surface area contributed by atoms with Gasteiger partial charge in [-0.2, -0.15) is 5.26 Å². The smallest absolute Gasteiger partial charge is 0.410 e. The zero-order chi connectivity index (χ0) is 23.3. The number of pyridine rings is 1. The molecule has 2 fully saturated rings. The van der Waals surface area contributed by atoms with Crippen LogP contribution in [0.3, 0.4) is 0 Å². The van der Waals surface area contributed by atoms with Gasteiger partial charge in [0.2, 0.25) is 0 Å². The van der Waals surface area contributed by atoms with E-state index in [2.05, 4.69) is 16.0 Å². The maximum atomic E-state index is 13.5. The fourth-order valence-electron chi connectivity index (χ4n) is 4.89. The van der Waals surface area contributed by atoms with Crippen molar-refractivity contribution in [1.29, 1.82) is 5.26 Å². The Bertz CT molecular complexity index is 992. The van der Waals surface area contributed by atoms with Crippen molar-refractivity contribution in [3.63, 3.8) is 0 Å². The molecule has 3 heterocycles. The lowest BCUT2D eigenvalue weighted by Crippen LogP contribution is -2.56. The van der Waals surface area contributed by atoms with E-state index in [1.54, 1.807) is 24.4 Å². The van der Waals surface area contributed by atoms with Gasteiger partial charge in [-0.3, -0.25) is 9.88 Å². The van der Waals surface area contributed by atoms with E-state index in [9.17, 15) is 14.3 Å². The normalized spacial score (nSPS) is 23.7. The molecule has 2 saturated heterocycles. The SMILES string of the molecule is N#Cc1ccc(CN2CCC[C@H](N3CC[C@](CCCO)(c4ccc(F)cc4)OC3=O)C2)nc1. The number of aliphatic hydroxyl groups excluding tert-OH is 1. The minimum absolute atomic E-state index is 0.00514. The Morgan fingerprint density at radius 2 is 2.06 bits per heavy atom. The maximum absolute atomic E-state index is 13.5. The van der Waals surface area contributed by atoms with Crippen molar-refractivity contribution in [2.45, 2.75) is 50.3 Å². The number of nitrogens with zero attached hydrogens (tertiary/aromatic N) is 4. The van der Waals surface area contributed by atoms with Crippen molar-refractivity contribution < 1.29 is 19.0 Å². The number of likely N-dealkylation sites (tertiary alicyclic amines) is 1. The Labute approximate surface area is 193 Å². The summed E-state index contributed by atoms with van der Waals surface area (Å²) in [5.41, 5.74) is 1.36. The van der Waals surface area contributed by atoms with E-state index < -0.39 is 5.60 Å². The molecule has 2 atom stereocenters. The summed E-state index contributed by atoms with van der Waals surface area (Å²) in [4.78, 5) is 21.6. The number of amides is 1. The molecule has 4 rings (SSSR count). The van der Waals surface area contributed by atoms with Crippen LogP contribution in [0.2, 0.25) is 0 Å². The van der Waals surface area contributed by atoms with Crippen LogP contribution in [-0.4, -0.2) is 58.3 Å². The molecule has 1 N–H and O–H groups in total. The third kappa shape index (κ3) is 5.32. The lowest BCUT2D eigenvalue weighted by atomic mass is 9.84. The van der Waals surface area contributed by atoms with E-state index in [1.165, 1.54) is 12.1 Å². The summed E-state index contributed by atoms with van der Waals surface area (Å²) in [5, 5.41) is 18.3. The molecule has 8 heteroatoms. The number of hydrogen-bond acceptors (Lipinski definition) is 6. The van der Waals surface area contributed by atoms with Gasteiger partial charge < -0.3 is 14.7 Å². The van der Waals surface area contributed by atoms with E-state index in [0.29, 0.717) is 37.9 Å². The monoisotopic (exact) mass is 452 g/mol. The Morgan fingerprint density at radius 3 is 2.73 bits per heavy atom. The topological polar surface area (TPSA) is 89.7 Å². The number of carbonyl (C=O) groups is 1. The van der Waals surface area contributed by atoms with E-state index in [1.807, 2.05) is 11.0 Å². The van der Waals surface area contributed by atoms with Gasteiger partial charge in [0.25, 0.3) is 0 Å². The van der Waals surface area contributed by atoms with Crippen LogP contribution in [0.1, 0.15) is 48.9 Å². The van der Waals surface area contributed by atoms with Crippen LogP contribution in [0.4, 0.5) is 9.18 Å². The fourth-order valence-corrected chi connectivity index (χ4v) is 4.89. The first-order valence-corrected chi connectivity index (χ1v) is 11.5. The van der Waals surface area contributed by atoms with Gasteiger partial charge in [0.1, 0.15) is 17.5 Å². The summed E-state index contributed by atoms with van der Waals surface area (Å²) >= 11 is 0. The highest BCUT2D eigenvalue weighted by atomic mass is 19.1. The van der Waals surface area contributed by atoms with Crippen molar-refractivity contribution in [2.75, 3.05) is 26.2 Å². The molecular formula is C25H29FN4O3. The quantitative estimate of drug-likeness (QED) is 0.691. The summed E-state index contributed by atoms with van der Waals surface area (Å²) in [7, 11) is 0. The number of aromatic nitrogens is 1. The lowest BCUT2D eigenvalue weighted by Gasteiger charge is -2.46. The molecule has 1 aromatic carbocycles. The summed E-state index contributed by atoms with van der Waals surface area (Å²) < 4.78 is 19.5. The summed E-state index contributed by atoms with van der Waals surface area (Å²) in [6.45, 7) is 2.88. The van der Waals surface area contributed by atoms with Crippen LogP contribution in [0, 0.1) is 17.1 Å². The Balaban J connectivity index is 1.43. The molecule has 2 aliphatic rings. The third-order valence-electron chi connectivity index (χ3n) is 6.64. The van der Waals surface area contributed by atoms with Crippen LogP contribution < -0.4 is 0 Å². The number of carbonyl (C=O) groups excluding carboxylic acids is 1. The fraction of sp³-hybridized carbons (Fsp3) is 0.480. The molecule has 174 valence electrons. The van der Waals surface area contributed by atoms with Gasteiger partial charge in [-0.05, 0) is 62.1 Å². The highest BCUT2D eigenvalue weighted by Crippen LogP contribution is 2.39. The molecule has 0 bridgehead atoms. The Morgan fingerprint density at radius 1 is 1.24 bits per heavy atom. The first-order valence-electron chi connectivity index (χ1n) is 11.5. The van der Waals surface area contributed by atoms with Crippen molar-refractivity contribution >= 4 is 6.09 Å². The van der Waals surface area contributed by atoms with Gasteiger partial charge >= 0.3 is 6.09 Å². The minimum atomic E-state index is -0.842. The number of piperidine rings is 1. The molecular weight excluding hydrogens is 423 g/mol. The van der Waals surface area contributed by atoms with Crippen LogP contribution in [-0.2, 0) is 16.9 Å². The predicted molar refractivity (Wildman–Crippen MR) is 119 cm³/mol. The van der Waals surface area contributed by atoms with E-state index in [-0.39, 0.29) is 24.6 Å². The molecule has 0 radical (unpaired) electrons. The molecule has 0 unspecified atom stereocenters. The average Bonchev–Trinajstić information content (AvgIpc) is 2.84. The molecule has 7 nitrogen and oxygen atoms in total. The number of nitriles is 1. The number of ether oxygens (including phenoxy) is 1. The van der Waals surface area contributed by atoms with Gasteiger partial charge in [0.15, 0.2) is 0 Å². The predicted octanol–water partition coefficient (Wildman–Crippen LogP) is 3.57. The molecule has 0 spiro atoms. The Kier molecular flexibility index (Phi) is 7.21. The Hall–Kier alpha value is -3.02. The van der Waals surface area contributed by atoms with Crippen LogP contribution in [0.25, 0.3) is 0 Å². The molecule has 2 aliphatic heterocycles. The average molecular weight is 453 g/mol. The second-order valence-corrected chi connectivity index (χ2v) is 8.82. The first-order chi connectivity index (χ1) is 16.0. The van der Waals surface area contributed by atoms with Gasteiger partial charge in [0.05, 0.1) is 11.3 Å². The largest absolute Gasteiger partial charge is 0.438 e. The summed E-state index contributed by atoms with van der Waals surface area (Å²) in [5.74, 6) is -0.334. The molecule has 0 saturated carbocycles. The summed E-state index contributed by atoms with van der Waals surface area (Å²) in [6, 6.07) is 11.9. The third-order valence-corrected chi connectivity index (χ3v) is 6.64. The number of aliphatic hydroxyl groups is 1. The molecule has 33 heavy (non-hydrogen) atoms. The molecule has 0 aliphatic carbocycles.